The van der Waals surface area contributed by atoms with E-state index >= 15 is 0 Å². The van der Waals surface area contributed by atoms with Crippen LogP contribution in [0.5, 0.6) is 0 Å². The summed E-state index contributed by atoms with van der Waals surface area (Å²) in [5.41, 5.74) is 16.6. The third kappa shape index (κ3) is 5.49. The fourth-order valence-corrected chi connectivity index (χ4v) is 6.39. The summed E-state index contributed by atoms with van der Waals surface area (Å²) in [5.74, 6) is 0.267. The van der Waals surface area contributed by atoms with Crippen molar-refractivity contribution in [1.82, 2.24) is 19.5 Å². The molecule has 2 aromatic heterocycles. The van der Waals surface area contributed by atoms with Crippen LogP contribution in [0.1, 0.15) is 47.8 Å². The van der Waals surface area contributed by atoms with E-state index in [1.807, 2.05) is 0 Å². The SMILES string of the molecule is CC(C)(C)[Si](C)(C)OCC1OC(n2c(Br)nc3c(N)ncnc32)C(O[Si](C)(C)C(C)(C)C)C1N=[N+]=[N-]. The molecule has 3 rings (SSSR count). The normalized spacial score (nSPS) is 23.8. The minimum absolute atomic E-state index is 0.0219. The van der Waals surface area contributed by atoms with E-state index in [1.54, 1.807) is 4.57 Å². The highest BCUT2D eigenvalue weighted by Gasteiger charge is 2.52. The van der Waals surface area contributed by atoms with E-state index in [9.17, 15) is 5.53 Å². The van der Waals surface area contributed by atoms with Crippen LogP contribution in [-0.4, -0.2) is 61.0 Å². The van der Waals surface area contributed by atoms with Crippen molar-refractivity contribution in [1.29, 1.82) is 0 Å². The Labute approximate surface area is 223 Å². The molecule has 200 valence electrons. The molecule has 1 aliphatic heterocycles. The van der Waals surface area contributed by atoms with Gasteiger partial charge >= 0.3 is 0 Å². The molecule has 14 heteroatoms. The molecule has 1 saturated heterocycles. The zero-order valence-corrected chi connectivity index (χ0v) is 26.5. The Morgan fingerprint density at radius 1 is 1.14 bits per heavy atom. The van der Waals surface area contributed by atoms with Gasteiger partial charge in [-0.15, -0.1) is 0 Å². The van der Waals surface area contributed by atoms with Gasteiger partial charge in [0.25, 0.3) is 0 Å². The molecule has 0 amide bonds. The Bertz CT molecular complexity index is 1150. The van der Waals surface area contributed by atoms with Crippen molar-refractivity contribution in [3.63, 3.8) is 0 Å². The number of nitrogens with two attached hydrogens (primary N) is 1. The molecule has 2 N–H and O–H groups in total. The average molecular weight is 600 g/mol. The van der Waals surface area contributed by atoms with Gasteiger partial charge in [-0.1, -0.05) is 46.7 Å². The molecule has 0 aromatic carbocycles. The summed E-state index contributed by atoms with van der Waals surface area (Å²) in [6.07, 6.45) is -0.376. The summed E-state index contributed by atoms with van der Waals surface area (Å²) in [5, 5.41) is 4.13. The number of hydrogen-bond acceptors (Lipinski definition) is 8. The average Bonchev–Trinajstić information content (AvgIpc) is 3.23. The lowest BCUT2D eigenvalue weighted by Gasteiger charge is -2.40. The fraction of sp³-hybridized carbons (Fsp3) is 0.773. The summed E-state index contributed by atoms with van der Waals surface area (Å²) >= 11 is 3.55. The third-order valence-electron chi connectivity index (χ3n) is 7.87. The Kier molecular flexibility index (Phi) is 8.03. The largest absolute Gasteiger partial charge is 0.414 e. The Hall–Kier alpha value is -1.55. The number of nitrogen functional groups attached to an aromatic ring is 1. The predicted molar refractivity (Wildman–Crippen MR) is 149 cm³/mol. The van der Waals surface area contributed by atoms with Crippen LogP contribution in [0.2, 0.25) is 36.3 Å². The van der Waals surface area contributed by atoms with E-state index in [1.165, 1.54) is 6.33 Å². The van der Waals surface area contributed by atoms with Crippen LogP contribution in [0.25, 0.3) is 21.6 Å². The second-order valence-corrected chi connectivity index (χ2v) is 22.6. The molecular formula is C22H39BrN8O3Si2. The molecule has 4 unspecified atom stereocenters. The van der Waals surface area contributed by atoms with Crippen molar-refractivity contribution in [2.75, 3.05) is 12.3 Å². The van der Waals surface area contributed by atoms with Gasteiger partial charge in [-0.25, -0.2) is 15.0 Å². The molecular weight excluding hydrogens is 560 g/mol. The maximum absolute atomic E-state index is 9.52. The van der Waals surface area contributed by atoms with Crippen molar-refractivity contribution in [2.45, 2.75) is 102 Å². The maximum Gasteiger partial charge on any atom is 0.192 e. The first-order valence-corrected chi connectivity index (χ1v) is 18.7. The van der Waals surface area contributed by atoms with Crippen molar-refractivity contribution in [3.8, 4) is 0 Å². The predicted octanol–water partition coefficient (Wildman–Crippen LogP) is 6.16. The zero-order chi connectivity index (χ0) is 27.3. The molecule has 36 heavy (non-hydrogen) atoms. The Morgan fingerprint density at radius 3 is 2.31 bits per heavy atom. The van der Waals surface area contributed by atoms with E-state index in [0.29, 0.717) is 15.9 Å². The van der Waals surface area contributed by atoms with E-state index in [-0.39, 0.29) is 22.5 Å². The summed E-state index contributed by atoms with van der Waals surface area (Å²) in [6, 6.07) is -0.609. The van der Waals surface area contributed by atoms with Crippen LogP contribution in [-0.2, 0) is 13.6 Å². The van der Waals surface area contributed by atoms with Gasteiger partial charge < -0.3 is 19.3 Å². The lowest BCUT2D eigenvalue weighted by atomic mass is 10.1. The summed E-state index contributed by atoms with van der Waals surface area (Å²) < 4.78 is 22.3. The molecule has 0 spiro atoms. The molecule has 2 aromatic rings. The van der Waals surface area contributed by atoms with Gasteiger partial charge in [-0.2, -0.15) is 0 Å². The number of nitrogens with zero attached hydrogens (tertiary/aromatic N) is 7. The van der Waals surface area contributed by atoms with Gasteiger partial charge in [-0.05, 0) is 57.7 Å². The first-order valence-electron chi connectivity index (χ1n) is 12.1. The molecule has 0 saturated carbocycles. The lowest BCUT2D eigenvalue weighted by molar-refractivity contribution is -0.0456. The minimum atomic E-state index is -2.31. The number of anilines is 1. The summed E-state index contributed by atoms with van der Waals surface area (Å²) in [6.45, 7) is 22.0. The Morgan fingerprint density at radius 2 is 1.75 bits per heavy atom. The smallest absolute Gasteiger partial charge is 0.192 e. The van der Waals surface area contributed by atoms with Crippen LogP contribution in [0.4, 0.5) is 5.82 Å². The Balaban J connectivity index is 2.10. The molecule has 1 fully saturated rings. The van der Waals surface area contributed by atoms with Gasteiger partial charge in [0.15, 0.2) is 44.6 Å². The number of fused-ring (bicyclic) bond motifs is 1. The minimum Gasteiger partial charge on any atom is -0.414 e. The summed E-state index contributed by atoms with van der Waals surface area (Å²) in [4.78, 5) is 16.2. The number of halogens is 1. The van der Waals surface area contributed by atoms with Gasteiger partial charge in [0.05, 0.1) is 18.8 Å². The van der Waals surface area contributed by atoms with Gasteiger partial charge in [-0.3, -0.25) is 4.57 Å². The van der Waals surface area contributed by atoms with E-state index in [2.05, 4.69) is 109 Å². The van der Waals surface area contributed by atoms with E-state index in [0.717, 1.165) is 0 Å². The first kappa shape index (κ1) is 29.0. The molecule has 0 aliphatic carbocycles. The molecule has 3 heterocycles. The molecule has 11 nitrogen and oxygen atoms in total. The number of aromatic nitrogens is 4. The molecule has 0 radical (unpaired) electrons. The van der Waals surface area contributed by atoms with Crippen LogP contribution >= 0.6 is 15.9 Å². The topological polar surface area (TPSA) is 146 Å². The van der Waals surface area contributed by atoms with Gasteiger partial charge in [0.1, 0.15) is 12.4 Å². The number of hydrogen-bond donors (Lipinski definition) is 1. The molecule has 0 bridgehead atoms. The summed E-state index contributed by atoms with van der Waals surface area (Å²) in [7, 11) is -4.40. The van der Waals surface area contributed by atoms with Crippen LogP contribution in [0, 0.1) is 0 Å². The van der Waals surface area contributed by atoms with E-state index < -0.39 is 41.1 Å². The maximum atomic E-state index is 9.52. The van der Waals surface area contributed by atoms with Gasteiger partial charge in [0, 0.05) is 4.91 Å². The quantitative estimate of drug-likeness (QED) is 0.132. The standard InChI is InChI=1S/C22H39BrN8O3Si2/c1-21(2,3)35(7,8)32-11-13-14(29-30-25)16(34-36(9,10)22(4,5)6)19(33-13)31-18-15(28-20(31)23)17(24)26-12-27-18/h12-14,16,19H,11H2,1-10H3,(H2,24,26,27). The monoisotopic (exact) mass is 598 g/mol. The molecule has 1 aliphatic rings. The zero-order valence-electron chi connectivity index (χ0n) is 22.9. The highest BCUT2D eigenvalue weighted by Crippen LogP contribution is 2.45. The van der Waals surface area contributed by atoms with E-state index in [4.69, 9.17) is 19.3 Å². The van der Waals surface area contributed by atoms with Crippen LogP contribution < -0.4 is 5.73 Å². The third-order valence-corrected chi connectivity index (χ3v) is 17.4. The lowest BCUT2D eigenvalue weighted by Crippen LogP contribution is -2.49. The van der Waals surface area contributed by atoms with Crippen LogP contribution in [0.3, 0.4) is 0 Å². The fourth-order valence-electron chi connectivity index (χ4n) is 3.54. The van der Waals surface area contributed by atoms with Crippen molar-refractivity contribution in [3.05, 3.63) is 21.5 Å². The van der Waals surface area contributed by atoms with Crippen molar-refractivity contribution in [2.24, 2.45) is 5.11 Å². The van der Waals surface area contributed by atoms with Crippen molar-refractivity contribution >= 4 is 49.5 Å². The first-order chi connectivity index (χ1) is 16.4. The van der Waals surface area contributed by atoms with Crippen molar-refractivity contribution < 1.29 is 13.6 Å². The second-order valence-electron chi connectivity index (χ2n) is 12.4. The second kappa shape index (κ2) is 9.97. The highest BCUT2D eigenvalue weighted by atomic mass is 79.9. The highest BCUT2D eigenvalue weighted by molar-refractivity contribution is 9.10. The van der Waals surface area contributed by atoms with Gasteiger partial charge in [0.2, 0.25) is 0 Å². The number of imidazole rings is 1. The molecule has 4 atom stereocenters. The number of rotatable bonds is 7. The number of ether oxygens (including phenoxy) is 1. The van der Waals surface area contributed by atoms with Crippen LogP contribution in [0.15, 0.2) is 16.2 Å². The number of azide groups is 1.